The van der Waals surface area contributed by atoms with Crippen LogP contribution in [0.1, 0.15) is 26.2 Å². The average Bonchev–Trinajstić information content (AvgIpc) is 2.79. The summed E-state index contributed by atoms with van der Waals surface area (Å²) in [5, 5.41) is 9.17. The van der Waals surface area contributed by atoms with E-state index in [9.17, 15) is 19.2 Å². The van der Waals surface area contributed by atoms with Crippen molar-refractivity contribution in [3.05, 3.63) is 12.2 Å². The van der Waals surface area contributed by atoms with Crippen molar-refractivity contribution in [2.75, 3.05) is 6.61 Å². The van der Waals surface area contributed by atoms with Gasteiger partial charge in [-0.05, 0) is 6.92 Å². The molecule has 8 nitrogen and oxygen atoms in total. The topological polar surface area (TPSA) is 116 Å². The molecule has 0 aromatic rings. The molecule has 0 radical (unpaired) electrons. The van der Waals surface area contributed by atoms with Crippen LogP contribution in [-0.4, -0.2) is 47.8 Å². The van der Waals surface area contributed by atoms with Crippen molar-refractivity contribution in [3.8, 4) is 0 Å². The van der Waals surface area contributed by atoms with E-state index in [4.69, 9.17) is 19.3 Å². The molecule has 126 valence electrons. The number of carboxylic acid groups (broad SMARTS) is 1. The van der Waals surface area contributed by atoms with E-state index in [0.29, 0.717) is 0 Å². The van der Waals surface area contributed by atoms with Crippen LogP contribution in [0.15, 0.2) is 12.2 Å². The predicted molar refractivity (Wildman–Crippen MR) is 74.0 cm³/mol. The zero-order chi connectivity index (χ0) is 17.1. The number of carbonyl (C=O) groups is 4. The fourth-order valence-corrected chi connectivity index (χ4v) is 2.73. The van der Waals surface area contributed by atoms with Gasteiger partial charge >= 0.3 is 23.9 Å². The van der Waals surface area contributed by atoms with Gasteiger partial charge in [0.2, 0.25) is 0 Å². The summed E-state index contributed by atoms with van der Waals surface area (Å²) in [5.74, 6) is -4.51. The van der Waals surface area contributed by atoms with Crippen LogP contribution >= 0.6 is 0 Å². The van der Waals surface area contributed by atoms with Crippen LogP contribution < -0.4 is 0 Å². The van der Waals surface area contributed by atoms with Crippen LogP contribution in [0, 0.1) is 11.8 Å². The highest BCUT2D eigenvalue weighted by molar-refractivity contribution is 5.87. The van der Waals surface area contributed by atoms with Crippen LogP contribution in [0.25, 0.3) is 0 Å². The summed E-state index contributed by atoms with van der Waals surface area (Å²) in [6.07, 6.45) is -1.29. The van der Waals surface area contributed by atoms with Gasteiger partial charge in [-0.2, -0.15) is 0 Å². The molecular formula is C15H18O8. The van der Waals surface area contributed by atoms with Gasteiger partial charge in [-0.15, -0.1) is 0 Å². The van der Waals surface area contributed by atoms with Crippen LogP contribution in [0.4, 0.5) is 0 Å². The maximum Gasteiger partial charge on any atom is 0.333 e. The zero-order valence-corrected chi connectivity index (χ0v) is 12.6. The number of esters is 3. The van der Waals surface area contributed by atoms with Crippen molar-refractivity contribution in [2.24, 2.45) is 11.8 Å². The van der Waals surface area contributed by atoms with E-state index < -0.39 is 47.9 Å². The Bertz CT molecular complexity index is 552. The first-order valence-corrected chi connectivity index (χ1v) is 7.25. The monoisotopic (exact) mass is 326 g/mol. The minimum absolute atomic E-state index is 0.0354. The standard InChI is InChI=1S/C15H18O8/c1-7(2)14(19)21-4-3-12(16)22-10-5-8(13(17)18)9-6-11(10)23-15(9)20/h8-11H,1,3-6H2,2H3,(H,17,18). The molecule has 2 fully saturated rings. The molecule has 0 amide bonds. The second-order valence-electron chi connectivity index (χ2n) is 5.69. The largest absolute Gasteiger partial charge is 0.481 e. The van der Waals surface area contributed by atoms with Crippen molar-refractivity contribution in [1.29, 1.82) is 0 Å². The van der Waals surface area contributed by atoms with Crippen LogP contribution in [0.5, 0.6) is 0 Å². The highest BCUT2D eigenvalue weighted by Crippen LogP contribution is 2.40. The first-order chi connectivity index (χ1) is 10.8. The molecule has 1 aliphatic heterocycles. The van der Waals surface area contributed by atoms with Crippen LogP contribution in [0.2, 0.25) is 0 Å². The summed E-state index contributed by atoms with van der Waals surface area (Å²) in [4.78, 5) is 45.8. The zero-order valence-electron chi connectivity index (χ0n) is 12.6. The number of fused-ring (bicyclic) bond motifs is 2. The van der Waals surface area contributed by atoms with Gasteiger partial charge in [0.1, 0.15) is 18.8 Å². The Morgan fingerprint density at radius 2 is 2.04 bits per heavy atom. The molecular weight excluding hydrogens is 308 g/mol. The molecule has 2 aliphatic rings. The molecule has 2 rings (SSSR count). The molecule has 0 aromatic carbocycles. The smallest absolute Gasteiger partial charge is 0.333 e. The average molecular weight is 326 g/mol. The van der Waals surface area contributed by atoms with Gasteiger partial charge in [0.15, 0.2) is 0 Å². The fraction of sp³-hybridized carbons (Fsp3) is 0.600. The Labute approximate surface area is 132 Å². The molecule has 23 heavy (non-hydrogen) atoms. The summed E-state index contributed by atoms with van der Waals surface area (Å²) < 4.78 is 15.1. The number of hydrogen-bond acceptors (Lipinski definition) is 7. The van der Waals surface area contributed by atoms with Crippen molar-refractivity contribution >= 4 is 23.9 Å². The Hall–Kier alpha value is -2.38. The van der Waals surface area contributed by atoms with E-state index >= 15 is 0 Å². The third-order valence-corrected chi connectivity index (χ3v) is 3.93. The second-order valence-corrected chi connectivity index (χ2v) is 5.69. The summed E-state index contributed by atoms with van der Waals surface area (Å²) >= 11 is 0. The summed E-state index contributed by atoms with van der Waals surface area (Å²) in [6, 6.07) is 0. The van der Waals surface area contributed by atoms with Crippen molar-refractivity contribution in [1.82, 2.24) is 0 Å². The maximum atomic E-state index is 11.8. The van der Waals surface area contributed by atoms with Gasteiger partial charge in [-0.1, -0.05) is 6.58 Å². The maximum absolute atomic E-state index is 11.8. The summed E-state index contributed by atoms with van der Waals surface area (Å²) in [6.45, 7) is 4.73. The van der Waals surface area contributed by atoms with Crippen molar-refractivity contribution in [2.45, 2.75) is 38.4 Å². The van der Waals surface area contributed by atoms with E-state index in [1.807, 2.05) is 0 Å². The minimum atomic E-state index is -1.11. The second kappa shape index (κ2) is 6.80. The van der Waals surface area contributed by atoms with E-state index in [0.717, 1.165) is 0 Å². The number of hydrogen-bond donors (Lipinski definition) is 1. The van der Waals surface area contributed by atoms with Crippen molar-refractivity contribution in [3.63, 3.8) is 0 Å². The van der Waals surface area contributed by atoms with Crippen LogP contribution in [-0.2, 0) is 33.4 Å². The molecule has 1 aliphatic carbocycles. The highest BCUT2D eigenvalue weighted by Gasteiger charge is 2.52. The Balaban J connectivity index is 1.86. The number of carbonyl (C=O) groups excluding carboxylic acids is 3. The van der Waals surface area contributed by atoms with Crippen molar-refractivity contribution < 1.29 is 38.5 Å². The van der Waals surface area contributed by atoms with E-state index in [1.165, 1.54) is 6.92 Å². The number of ether oxygens (including phenoxy) is 3. The number of aliphatic carboxylic acids is 1. The first-order valence-electron chi connectivity index (χ1n) is 7.25. The van der Waals surface area contributed by atoms with E-state index in [1.54, 1.807) is 0 Å². The third-order valence-electron chi connectivity index (χ3n) is 3.93. The Morgan fingerprint density at radius 3 is 2.65 bits per heavy atom. The fourth-order valence-electron chi connectivity index (χ4n) is 2.73. The predicted octanol–water partition coefficient (Wildman–Crippen LogP) is 0.444. The molecule has 4 unspecified atom stereocenters. The lowest BCUT2D eigenvalue weighted by Gasteiger charge is -2.29. The number of rotatable bonds is 6. The highest BCUT2D eigenvalue weighted by atomic mass is 16.6. The molecule has 4 atom stereocenters. The molecule has 2 bridgehead atoms. The van der Waals surface area contributed by atoms with E-state index in [2.05, 4.69) is 6.58 Å². The normalized spacial score (nSPS) is 28.7. The van der Waals surface area contributed by atoms with Gasteiger partial charge in [0.05, 0.1) is 18.3 Å². The summed E-state index contributed by atoms with van der Waals surface area (Å²) in [7, 11) is 0. The van der Waals surface area contributed by atoms with Gasteiger partial charge in [0, 0.05) is 18.4 Å². The molecule has 1 N–H and O–H groups in total. The lowest BCUT2D eigenvalue weighted by atomic mass is 9.78. The first kappa shape index (κ1) is 17.0. The van der Waals surface area contributed by atoms with Gasteiger partial charge in [0.25, 0.3) is 0 Å². The lowest BCUT2D eigenvalue weighted by Crippen LogP contribution is -2.40. The summed E-state index contributed by atoms with van der Waals surface area (Å²) in [5.41, 5.74) is 0.221. The number of carboxylic acids is 1. The lowest BCUT2D eigenvalue weighted by molar-refractivity contribution is -0.164. The Morgan fingerprint density at radius 1 is 1.35 bits per heavy atom. The molecule has 0 aromatic heterocycles. The Kier molecular flexibility index (Phi) is 5.02. The SMILES string of the molecule is C=C(C)C(=O)OCCC(=O)OC1CC(C(=O)O)C2CC1OC2=O. The molecule has 8 heteroatoms. The van der Waals surface area contributed by atoms with Gasteiger partial charge in [-0.25, -0.2) is 4.79 Å². The van der Waals surface area contributed by atoms with E-state index in [-0.39, 0.29) is 31.4 Å². The van der Waals surface area contributed by atoms with Crippen LogP contribution in [0.3, 0.4) is 0 Å². The molecule has 1 saturated heterocycles. The minimum Gasteiger partial charge on any atom is -0.481 e. The molecule has 1 heterocycles. The van der Waals surface area contributed by atoms with Gasteiger partial charge < -0.3 is 19.3 Å². The third kappa shape index (κ3) is 3.88. The molecule has 1 saturated carbocycles. The molecule has 0 spiro atoms. The van der Waals surface area contributed by atoms with Gasteiger partial charge in [-0.3, -0.25) is 14.4 Å². The quantitative estimate of drug-likeness (QED) is 0.425.